The molecule has 258 valence electrons. The van der Waals surface area contributed by atoms with Crippen LogP contribution in [0.15, 0.2) is 168 Å². The van der Waals surface area contributed by atoms with Gasteiger partial charge in [0.2, 0.25) is 5.91 Å². The van der Waals surface area contributed by atoms with E-state index < -0.39 is 22.9 Å². The van der Waals surface area contributed by atoms with E-state index in [1.165, 1.54) is 36.0 Å². The summed E-state index contributed by atoms with van der Waals surface area (Å²) in [5.74, 6) is -0.843. The maximum Gasteiger partial charge on any atom is 0.272 e. The van der Waals surface area contributed by atoms with Gasteiger partial charge in [-0.1, -0.05) is 90.5 Å². The Morgan fingerprint density at radius 3 is 2.00 bits per heavy atom. The Labute approximate surface area is 309 Å². The standard InChI is InChI=1S/C42H31ClFN3O4S/c43-36-20-11-21-37(44)35(36)27-38(47-40(48)29-14-6-2-7-15-29)41(49)46-31-16-10-19-34(26-31)52-39(28-12-4-1-5-13-28)42(50)45-30-22-24-33(25-23-30)51-32-17-8-3-9-18-32/h1-27,39H,(H,45,50)(H,46,49)(H,47,48)/b38-27+. The number of benzene rings is 6. The summed E-state index contributed by atoms with van der Waals surface area (Å²) < 4.78 is 20.6. The first-order chi connectivity index (χ1) is 25.3. The molecule has 0 radical (unpaired) electrons. The lowest BCUT2D eigenvalue weighted by Crippen LogP contribution is -2.30. The number of para-hydroxylation sites is 1. The van der Waals surface area contributed by atoms with E-state index in [2.05, 4.69) is 16.0 Å². The minimum atomic E-state index is -0.706. The molecule has 3 N–H and O–H groups in total. The fourth-order valence-electron chi connectivity index (χ4n) is 5.06. The van der Waals surface area contributed by atoms with Crippen molar-refractivity contribution in [3.63, 3.8) is 0 Å². The monoisotopic (exact) mass is 727 g/mol. The fourth-order valence-corrected chi connectivity index (χ4v) is 6.36. The average Bonchev–Trinajstić information content (AvgIpc) is 3.17. The van der Waals surface area contributed by atoms with E-state index in [1.807, 2.05) is 66.7 Å². The minimum Gasteiger partial charge on any atom is -0.457 e. The Hall–Kier alpha value is -6.16. The van der Waals surface area contributed by atoms with Crippen LogP contribution in [-0.4, -0.2) is 17.7 Å². The molecule has 6 rings (SSSR count). The second kappa shape index (κ2) is 17.2. The SMILES string of the molecule is O=C(Nc1cccc(SC(C(=O)Nc2ccc(Oc3ccccc3)cc2)c2ccccc2)c1)/C(=C\c1c(F)cccc1Cl)NC(=O)c1ccccc1. The highest BCUT2D eigenvalue weighted by Crippen LogP contribution is 2.37. The van der Waals surface area contributed by atoms with E-state index in [-0.39, 0.29) is 22.2 Å². The van der Waals surface area contributed by atoms with Gasteiger partial charge in [-0.15, -0.1) is 11.8 Å². The molecule has 0 aliphatic carbocycles. The first kappa shape index (κ1) is 35.7. The molecule has 0 spiro atoms. The van der Waals surface area contributed by atoms with E-state index in [4.69, 9.17) is 16.3 Å². The summed E-state index contributed by atoms with van der Waals surface area (Å²) in [6, 6.07) is 45.3. The lowest BCUT2D eigenvalue weighted by atomic mass is 10.1. The number of halogens is 2. The number of carbonyl (C=O) groups excluding carboxylic acids is 3. The van der Waals surface area contributed by atoms with Crippen molar-refractivity contribution in [1.29, 1.82) is 0 Å². The van der Waals surface area contributed by atoms with Crippen LogP contribution in [0.2, 0.25) is 5.02 Å². The van der Waals surface area contributed by atoms with Crippen molar-refractivity contribution in [3.8, 4) is 11.5 Å². The van der Waals surface area contributed by atoms with Crippen molar-refractivity contribution in [2.24, 2.45) is 0 Å². The maximum atomic E-state index is 14.8. The molecule has 3 amide bonds. The minimum absolute atomic E-state index is 0.0536. The van der Waals surface area contributed by atoms with Crippen LogP contribution >= 0.6 is 23.4 Å². The van der Waals surface area contributed by atoms with Gasteiger partial charge in [0.15, 0.2) is 0 Å². The first-order valence-corrected chi connectivity index (χ1v) is 17.4. The molecule has 0 saturated carbocycles. The molecular formula is C42H31ClFN3O4S. The smallest absolute Gasteiger partial charge is 0.272 e. The van der Waals surface area contributed by atoms with Crippen molar-refractivity contribution in [3.05, 3.63) is 191 Å². The van der Waals surface area contributed by atoms with Gasteiger partial charge in [0, 0.05) is 27.4 Å². The number of ether oxygens (including phenoxy) is 1. The van der Waals surface area contributed by atoms with Crippen LogP contribution in [-0.2, 0) is 9.59 Å². The van der Waals surface area contributed by atoms with Crippen LogP contribution in [0, 0.1) is 5.82 Å². The van der Waals surface area contributed by atoms with Crippen molar-refractivity contribution in [2.75, 3.05) is 10.6 Å². The normalized spacial score (nSPS) is 11.6. The quantitative estimate of drug-likeness (QED) is 0.0862. The molecule has 0 fully saturated rings. The molecule has 1 atom stereocenters. The zero-order valence-electron chi connectivity index (χ0n) is 27.5. The van der Waals surface area contributed by atoms with Crippen LogP contribution in [0.4, 0.5) is 15.8 Å². The number of carbonyl (C=O) groups is 3. The highest BCUT2D eigenvalue weighted by molar-refractivity contribution is 8.00. The predicted octanol–water partition coefficient (Wildman–Crippen LogP) is 10.2. The average molecular weight is 728 g/mol. The van der Waals surface area contributed by atoms with Gasteiger partial charge in [0.05, 0.1) is 5.02 Å². The Bertz CT molecular complexity index is 2180. The third kappa shape index (κ3) is 9.54. The van der Waals surface area contributed by atoms with Crippen molar-refractivity contribution < 1.29 is 23.5 Å². The molecule has 52 heavy (non-hydrogen) atoms. The van der Waals surface area contributed by atoms with Gasteiger partial charge in [0.25, 0.3) is 11.8 Å². The van der Waals surface area contributed by atoms with Crippen LogP contribution < -0.4 is 20.7 Å². The van der Waals surface area contributed by atoms with E-state index in [0.717, 1.165) is 5.56 Å². The molecule has 0 bridgehead atoms. The van der Waals surface area contributed by atoms with Crippen molar-refractivity contribution >= 4 is 58.5 Å². The molecule has 0 saturated heterocycles. The predicted molar refractivity (Wildman–Crippen MR) is 205 cm³/mol. The van der Waals surface area contributed by atoms with Gasteiger partial charge in [0.1, 0.15) is 28.3 Å². The Morgan fingerprint density at radius 1 is 0.673 bits per heavy atom. The summed E-state index contributed by atoms with van der Waals surface area (Å²) in [6.45, 7) is 0. The third-order valence-corrected chi connectivity index (χ3v) is 9.18. The number of rotatable bonds is 12. The molecule has 0 heterocycles. The maximum absolute atomic E-state index is 14.8. The topological polar surface area (TPSA) is 96.5 Å². The van der Waals surface area contributed by atoms with E-state index in [9.17, 15) is 18.8 Å². The first-order valence-electron chi connectivity index (χ1n) is 16.1. The number of hydrogen-bond donors (Lipinski definition) is 3. The molecule has 1 unspecified atom stereocenters. The Kier molecular flexibility index (Phi) is 11.8. The molecule has 7 nitrogen and oxygen atoms in total. The lowest BCUT2D eigenvalue weighted by molar-refractivity contribution is -0.116. The summed E-state index contributed by atoms with van der Waals surface area (Å²) in [5, 5.41) is 7.80. The van der Waals surface area contributed by atoms with Gasteiger partial charge in [-0.25, -0.2) is 4.39 Å². The second-order valence-corrected chi connectivity index (χ2v) is 12.9. The van der Waals surface area contributed by atoms with Gasteiger partial charge in [-0.3, -0.25) is 14.4 Å². The molecule has 6 aromatic rings. The van der Waals surface area contributed by atoms with E-state index >= 15 is 0 Å². The number of thioether (sulfide) groups is 1. The largest absolute Gasteiger partial charge is 0.457 e. The molecule has 0 aromatic heterocycles. The van der Waals surface area contributed by atoms with Gasteiger partial charge < -0.3 is 20.7 Å². The zero-order valence-corrected chi connectivity index (χ0v) is 29.0. The Morgan fingerprint density at radius 2 is 1.31 bits per heavy atom. The lowest BCUT2D eigenvalue weighted by Gasteiger charge is -2.18. The van der Waals surface area contributed by atoms with Crippen molar-refractivity contribution in [2.45, 2.75) is 10.1 Å². The van der Waals surface area contributed by atoms with Crippen LogP contribution in [0.3, 0.4) is 0 Å². The summed E-state index contributed by atoms with van der Waals surface area (Å²) in [6.07, 6.45) is 1.20. The van der Waals surface area contributed by atoms with Crippen LogP contribution in [0.5, 0.6) is 11.5 Å². The van der Waals surface area contributed by atoms with Crippen LogP contribution in [0.25, 0.3) is 6.08 Å². The third-order valence-electron chi connectivity index (χ3n) is 7.60. The highest BCUT2D eigenvalue weighted by Gasteiger charge is 2.23. The number of hydrogen-bond acceptors (Lipinski definition) is 5. The molecular weight excluding hydrogens is 697 g/mol. The van der Waals surface area contributed by atoms with Crippen LogP contribution in [0.1, 0.15) is 26.7 Å². The van der Waals surface area contributed by atoms with E-state index in [1.54, 1.807) is 72.8 Å². The molecule has 6 aromatic carbocycles. The van der Waals surface area contributed by atoms with Gasteiger partial charge >= 0.3 is 0 Å². The summed E-state index contributed by atoms with van der Waals surface area (Å²) >= 11 is 7.55. The zero-order chi connectivity index (χ0) is 36.3. The highest BCUT2D eigenvalue weighted by atomic mass is 35.5. The number of nitrogens with one attached hydrogen (secondary N) is 3. The number of anilines is 2. The van der Waals surface area contributed by atoms with Gasteiger partial charge in [-0.05, 0) is 90.5 Å². The molecule has 0 aliphatic rings. The van der Waals surface area contributed by atoms with E-state index in [0.29, 0.717) is 33.3 Å². The molecule has 0 aliphatic heterocycles. The Balaban J connectivity index is 1.20. The number of amides is 3. The second-order valence-electron chi connectivity index (χ2n) is 11.3. The van der Waals surface area contributed by atoms with Gasteiger partial charge in [-0.2, -0.15) is 0 Å². The molecule has 10 heteroatoms. The summed E-state index contributed by atoms with van der Waals surface area (Å²) in [4.78, 5) is 41.2. The fraction of sp³-hybridized carbons (Fsp3) is 0.0238. The summed E-state index contributed by atoms with van der Waals surface area (Å²) in [5.41, 5.74) is 1.79. The van der Waals surface area contributed by atoms with Crippen molar-refractivity contribution in [1.82, 2.24) is 5.32 Å². The summed E-state index contributed by atoms with van der Waals surface area (Å²) in [7, 11) is 0.